The van der Waals surface area contributed by atoms with E-state index in [0.29, 0.717) is 53.6 Å². The van der Waals surface area contributed by atoms with Crippen LogP contribution in [0.2, 0.25) is 0 Å². The Balaban J connectivity index is 1.25. The van der Waals surface area contributed by atoms with Crippen LogP contribution in [0.25, 0.3) is 22.8 Å². The van der Waals surface area contributed by atoms with Gasteiger partial charge < -0.3 is 19.1 Å². The van der Waals surface area contributed by atoms with E-state index < -0.39 is 5.92 Å². The van der Waals surface area contributed by atoms with Gasteiger partial charge in [-0.05, 0) is 36.8 Å². The lowest BCUT2D eigenvalue weighted by Gasteiger charge is -2.34. The van der Waals surface area contributed by atoms with Crippen LogP contribution in [-0.2, 0) is 30.2 Å². The summed E-state index contributed by atoms with van der Waals surface area (Å²) in [7, 11) is 3.29. The molecule has 3 aromatic heterocycles. The molecule has 0 atom stereocenters. The predicted molar refractivity (Wildman–Crippen MR) is 152 cm³/mol. The summed E-state index contributed by atoms with van der Waals surface area (Å²) in [6, 6.07) is 6.01. The number of anilines is 2. The third-order valence-electron chi connectivity index (χ3n) is 8.19. The van der Waals surface area contributed by atoms with Crippen LogP contribution in [0, 0.1) is 0 Å². The highest BCUT2D eigenvalue weighted by atomic mass is 19.3. The first kappa shape index (κ1) is 26.4. The molecule has 5 heterocycles. The van der Waals surface area contributed by atoms with E-state index in [1.165, 1.54) is 12.5 Å². The number of amides is 1. The van der Waals surface area contributed by atoms with Gasteiger partial charge in [-0.2, -0.15) is 8.78 Å². The molecule has 10 nitrogen and oxygen atoms in total. The fourth-order valence-electron chi connectivity index (χ4n) is 5.82. The third-order valence-corrected chi connectivity index (χ3v) is 8.19. The molecule has 0 unspecified atom stereocenters. The number of halogens is 2. The number of carbonyl (C=O) groups excluding carboxylic acids is 1. The number of benzene rings is 1. The van der Waals surface area contributed by atoms with Crippen LogP contribution < -0.4 is 14.5 Å². The van der Waals surface area contributed by atoms with Crippen molar-refractivity contribution in [3.05, 3.63) is 59.4 Å². The standard InChI is InChI=1S/C30H30F2N8O2/c1-30(31,32)22-14-39-10-4-5-19-11-17(6-9-20(19)27(39)36-22)13-40-15-23(41)38(2)21-12-33-26(37-28(21)40)24-25(18-7-8-18)34-16-35-29(24)42-3/h6,9,11-12,14,16,18H,4-5,7-8,10,13,15H2,1-3H3. The van der Waals surface area contributed by atoms with Gasteiger partial charge in [0.05, 0.1) is 25.5 Å². The Morgan fingerprint density at radius 3 is 2.74 bits per heavy atom. The fraction of sp³-hybridized carbons (Fsp3) is 0.400. The number of methoxy groups -OCH3 is 1. The van der Waals surface area contributed by atoms with Crippen LogP contribution >= 0.6 is 0 Å². The molecule has 1 aromatic carbocycles. The first-order valence-electron chi connectivity index (χ1n) is 14.1. The number of nitrogens with zero attached hydrogens (tertiary/aromatic N) is 8. The Morgan fingerprint density at radius 1 is 1.14 bits per heavy atom. The topological polar surface area (TPSA) is 102 Å². The van der Waals surface area contributed by atoms with Crippen LogP contribution in [0.15, 0.2) is 36.9 Å². The average Bonchev–Trinajstić information content (AvgIpc) is 3.76. The van der Waals surface area contributed by atoms with Crippen LogP contribution in [0.1, 0.15) is 54.6 Å². The van der Waals surface area contributed by atoms with Crippen LogP contribution in [0.4, 0.5) is 20.3 Å². The highest BCUT2D eigenvalue weighted by Crippen LogP contribution is 2.45. The number of fused-ring (bicyclic) bond motifs is 4. The summed E-state index contributed by atoms with van der Waals surface area (Å²) in [5, 5.41) is 0. The minimum Gasteiger partial charge on any atom is -0.480 e. The molecular weight excluding hydrogens is 542 g/mol. The van der Waals surface area contributed by atoms with Gasteiger partial charge >= 0.3 is 0 Å². The van der Waals surface area contributed by atoms with Crippen LogP contribution in [0.3, 0.4) is 0 Å². The molecule has 0 bridgehead atoms. The van der Waals surface area contributed by atoms with Gasteiger partial charge in [0.1, 0.15) is 29.1 Å². The molecule has 42 heavy (non-hydrogen) atoms. The van der Waals surface area contributed by atoms with E-state index in [1.54, 1.807) is 25.3 Å². The van der Waals surface area contributed by atoms with Gasteiger partial charge in [-0.1, -0.05) is 18.2 Å². The van der Waals surface area contributed by atoms with E-state index in [9.17, 15) is 13.6 Å². The Kier molecular flexibility index (Phi) is 6.17. The molecule has 0 saturated heterocycles. The molecule has 3 aliphatic rings. The Bertz CT molecular complexity index is 1710. The first-order valence-corrected chi connectivity index (χ1v) is 14.1. The van der Waals surface area contributed by atoms with Gasteiger partial charge in [-0.15, -0.1) is 0 Å². The van der Waals surface area contributed by atoms with Crippen molar-refractivity contribution < 1.29 is 18.3 Å². The maximum Gasteiger partial charge on any atom is 0.288 e. The van der Waals surface area contributed by atoms with Gasteiger partial charge in [0.25, 0.3) is 5.92 Å². The van der Waals surface area contributed by atoms with Crippen molar-refractivity contribution in [3.63, 3.8) is 0 Å². The minimum absolute atomic E-state index is 0.0667. The average molecular weight is 573 g/mol. The first-order chi connectivity index (χ1) is 20.2. The number of imidazole rings is 1. The van der Waals surface area contributed by atoms with Crippen LogP contribution in [-0.4, -0.2) is 56.1 Å². The SMILES string of the molecule is COc1ncnc(C2CC2)c1-c1ncc2c(n1)N(Cc1ccc3c(c1)CCCn1cc(C(C)(F)F)nc1-3)CC(=O)N2C. The minimum atomic E-state index is -3.00. The van der Waals surface area contributed by atoms with E-state index in [-0.39, 0.29) is 18.1 Å². The van der Waals surface area contributed by atoms with Gasteiger partial charge in [0, 0.05) is 44.7 Å². The van der Waals surface area contributed by atoms with E-state index in [4.69, 9.17) is 9.72 Å². The molecule has 1 fully saturated rings. The molecule has 2 aliphatic heterocycles. The summed E-state index contributed by atoms with van der Waals surface area (Å²) < 4.78 is 35.5. The van der Waals surface area contributed by atoms with E-state index in [2.05, 4.69) is 26.0 Å². The molecule has 216 valence electrons. The van der Waals surface area contributed by atoms with Crippen molar-refractivity contribution in [3.8, 4) is 28.7 Å². The largest absolute Gasteiger partial charge is 0.480 e. The third kappa shape index (κ3) is 4.54. The van der Waals surface area contributed by atoms with Crippen molar-refractivity contribution in [2.24, 2.45) is 0 Å². The van der Waals surface area contributed by atoms with Crippen LogP contribution in [0.5, 0.6) is 5.88 Å². The number of hydrogen-bond acceptors (Lipinski definition) is 8. The predicted octanol–water partition coefficient (Wildman–Crippen LogP) is 4.72. The van der Waals surface area contributed by atoms with Crippen molar-refractivity contribution in [2.45, 2.75) is 57.5 Å². The summed E-state index contributed by atoms with van der Waals surface area (Å²) in [5.41, 5.74) is 4.84. The second-order valence-corrected chi connectivity index (χ2v) is 11.3. The highest BCUT2D eigenvalue weighted by Gasteiger charge is 2.34. The lowest BCUT2D eigenvalue weighted by atomic mass is 10.00. The molecule has 0 N–H and O–H groups in total. The number of ether oxygens (including phenoxy) is 1. The summed E-state index contributed by atoms with van der Waals surface area (Å²) >= 11 is 0. The molecule has 1 amide bonds. The second kappa shape index (κ2) is 9.81. The summed E-state index contributed by atoms with van der Waals surface area (Å²) in [6.45, 7) is 2.07. The molecule has 0 spiro atoms. The maximum absolute atomic E-state index is 14.0. The summed E-state index contributed by atoms with van der Waals surface area (Å²) in [5.74, 6) is -0.667. The number of aromatic nitrogens is 6. The Labute approximate surface area is 241 Å². The highest BCUT2D eigenvalue weighted by molar-refractivity contribution is 6.02. The van der Waals surface area contributed by atoms with E-state index in [1.807, 2.05) is 21.6 Å². The molecule has 0 radical (unpaired) electrons. The lowest BCUT2D eigenvalue weighted by Crippen LogP contribution is -2.44. The Hall–Kier alpha value is -4.48. The zero-order chi connectivity index (χ0) is 29.2. The van der Waals surface area contributed by atoms with Gasteiger partial charge in [-0.25, -0.2) is 24.9 Å². The zero-order valence-corrected chi connectivity index (χ0v) is 23.6. The fourth-order valence-corrected chi connectivity index (χ4v) is 5.82. The zero-order valence-electron chi connectivity index (χ0n) is 23.6. The van der Waals surface area contributed by atoms with Crippen molar-refractivity contribution in [1.82, 2.24) is 29.5 Å². The molecule has 1 saturated carbocycles. The lowest BCUT2D eigenvalue weighted by molar-refractivity contribution is -0.117. The number of carbonyl (C=O) groups is 1. The maximum atomic E-state index is 14.0. The molecule has 12 heteroatoms. The normalized spacial score (nSPS) is 16.5. The summed E-state index contributed by atoms with van der Waals surface area (Å²) in [6.07, 6.45) is 8.33. The number of hydrogen-bond donors (Lipinski definition) is 0. The van der Waals surface area contributed by atoms with Crippen molar-refractivity contribution >= 4 is 17.4 Å². The number of rotatable bonds is 6. The van der Waals surface area contributed by atoms with Crippen molar-refractivity contribution in [1.29, 1.82) is 0 Å². The van der Waals surface area contributed by atoms with Crippen molar-refractivity contribution in [2.75, 3.05) is 30.5 Å². The quantitative estimate of drug-likeness (QED) is 0.327. The Morgan fingerprint density at radius 2 is 1.98 bits per heavy atom. The molecule has 7 rings (SSSR count). The smallest absolute Gasteiger partial charge is 0.288 e. The molecular formula is C30H30F2N8O2. The van der Waals surface area contributed by atoms with Gasteiger partial charge in [0.2, 0.25) is 11.8 Å². The number of aryl methyl sites for hydroxylation is 2. The van der Waals surface area contributed by atoms with Gasteiger partial charge in [-0.3, -0.25) is 4.79 Å². The monoisotopic (exact) mass is 572 g/mol. The van der Waals surface area contributed by atoms with E-state index >= 15 is 0 Å². The summed E-state index contributed by atoms with van der Waals surface area (Å²) in [4.78, 5) is 39.2. The van der Waals surface area contributed by atoms with E-state index in [0.717, 1.165) is 55.0 Å². The molecule has 4 aromatic rings. The number of likely N-dealkylation sites (N-methyl/N-ethyl adjacent to an activating group) is 1. The second-order valence-electron chi connectivity index (χ2n) is 11.3. The number of alkyl halides is 2. The molecule has 1 aliphatic carbocycles. The van der Waals surface area contributed by atoms with Gasteiger partial charge in [0.15, 0.2) is 11.6 Å².